The quantitative estimate of drug-likeness (QED) is 0.713. The SMILES string of the molecule is O=C(Nc1cc(C(F)(F)F)cc(C(F)(F)F)c1)C1=Cc2ccccc2C1. The summed E-state index contributed by atoms with van der Waals surface area (Å²) in [5, 5.41) is 2.14. The van der Waals surface area contributed by atoms with Crippen LogP contribution in [0.5, 0.6) is 0 Å². The molecular weight excluding hydrogens is 360 g/mol. The molecule has 26 heavy (non-hydrogen) atoms. The Morgan fingerprint density at radius 1 is 0.885 bits per heavy atom. The number of hydrogen-bond acceptors (Lipinski definition) is 1. The second-order valence-corrected chi connectivity index (χ2v) is 5.79. The molecule has 2 nitrogen and oxygen atoms in total. The van der Waals surface area contributed by atoms with Crippen molar-refractivity contribution in [2.24, 2.45) is 0 Å². The Morgan fingerprint density at radius 2 is 1.46 bits per heavy atom. The third-order valence-corrected chi connectivity index (χ3v) is 3.90. The molecule has 0 radical (unpaired) electrons. The lowest BCUT2D eigenvalue weighted by Gasteiger charge is -2.15. The minimum Gasteiger partial charge on any atom is -0.322 e. The van der Waals surface area contributed by atoms with Crippen LogP contribution in [0, 0.1) is 0 Å². The number of carbonyl (C=O) groups excluding carboxylic acids is 1. The minimum absolute atomic E-state index is 0.0142. The van der Waals surface area contributed by atoms with Crippen molar-refractivity contribution >= 4 is 17.7 Å². The van der Waals surface area contributed by atoms with Gasteiger partial charge in [-0.3, -0.25) is 4.79 Å². The molecule has 2 aromatic rings. The summed E-state index contributed by atoms with van der Waals surface area (Å²) in [5.41, 5.74) is -1.61. The van der Waals surface area contributed by atoms with Crippen LogP contribution in [-0.2, 0) is 23.6 Å². The fraction of sp³-hybridized carbons (Fsp3) is 0.167. The molecule has 0 aliphatic heterocycles. The Balaban J connectivity index is 1.89. The van der Waals surface area contributed by atoms with Gasteiger partial charge in [0, 0.05) is 17.7 Å². The maximum atomic E-state index is 12.9. The van der Waals surface area contributed by atoms with Crippen molar-refractivity contribution in [3.8, 4) is 0 Å². The molecule has 8 heteroatoms. The van der Waals surface area contributed by atoms with E-state index in [0.29, 0.717) is 12.1 Å². The third kappa shape index (κ3) is 3.74. The van der Waals surface area contributed by atoms with Crippen LogP contribution >= 0.6 is 0 Å². The maximum Gasteiger partial charge on any atom is 0.416 e. The van der Waals surface area contributed by atoms with Gasteiger partial charge in [0.15, 0.2) is 0 Å². The normalized spacial score (nSPS) is 14.0. The van der Waals surface area contributed by atoms with Crippen LogP contribution in [0.1, 0.15) is 22.3 Å². The van der Waals surface area contributed by atoms with Gasteiger partial charge in [-0.15, -0.1) is 0 Å². The van der Waals surface area contributed by atoms with Crippen LogP contribution in [0.25, 0.3) is 6.08 Å². The Kier molecular flexibility index (Phi) is 4.29. The molecule has 0 spiro atoms. The molecule has 0 unspecified atom stereocenters. The largest absolute Gasteiger partial charge is 0.416 e. The Bertz CT molecular complexity index is 863. The Morgan fingerprint density at radius 3 is 2.00 bits per heavy atom. The highest BCUT2D eigenvalue weighted by Crippen LogP contribution is 2.37. The van der Waals surface area contributed by atoms with Crippen LogP contribution in [0.15, 0.2) is 48.0 Å². The second kappa shape index (κ2) is 6.19. The molecule has 0 saturated carbocycles. The van der Waals surface area contributed by atoms with E-state index in [1.165, 1.54) is 0 Å². The van der Waals surface area contributed by atoms with Gasteiger partial charge in [0.25, 0.3) is 5.91 Å². The molecule has 0 bridgehead atoms. The fourth-order valence-electron chi connectivity index (χ4n) is 2.66. The smallest absolute Gasteiger partial charge is 0.322 e. The Hall–Kier alpha value is -2.77. The number of fused-ring (bicyclic) bond motifs is 1. The van der Waals surface area contributed by atoms with E-state index in [1.54, 1.807) is 30.3 Å². The van der Waals surface area contributed by atoms with Crippen molar-refractivity contribution < 1.29 is 31.1 Å². The van der Waals surface area contributed by atoms with Crippen LogP contribution in [-0.4, -0.2) is 5.91 Å². The third-order valence-electron chi connectivity index (χ3n) is 3.90. The number of carbonyl (C=O) groups is 1. The minimum atomic E-state index is -4.97. The van der Waals surface area contributed by atoms with Gasteiger partial charge >= 0.3 is 12.4 Å². The van der Waals surface area contributed by atoms with Gasteiger partial charge in [-0.1, -0.05) is 24.3 Å². The zero-order valence-corrected chi connectivity index (χ0v) is 13.0. The molecule has 0 fully saturated rings. The standard InChI is InChI=1S/C18H11F6NO/c19-17(20,21)13-7-14(18(22,23)24)9-15(8-13)25-16(26)12-5-10-3-1-2-4-11(10)6-12/h1-5,7-9H,6H2,(H,25,26). The van der Waals surface area contributed by atoms with Crippen molar-refractivity contribution in [2.75, 3.05) is 5.32 Å². The lowest BCUT2D eigenvalue weighted by molar-refractivity contribution is -0.143. The van der Waals surface area contributed by atoms with E-state index >= 15 is 0 Å². The summed E-state index contributed by atoms with van der Waals surface area (Å²) in [6.45, 7) is 0. The monoisotopic (exact) mass is 371 g/mol. The van der Waals surface area contributed by atoms with E-state index in [9.17, 15) is 31.1 Å². The maximum absolute atomic E-state index is 12.9. The first-order chi connectivity index (χ1) is 12.0. The molecule has 3 rings (SSSR count). The number of amides is 1. The van der Waals surface area contributed by atoms with Gasteiger partial charge in [0.2, 0.25) is 0 Å². The Labute approximate surface area is 144 Å². The van der Waals surface area contributed by atoms with Crippen LogP contribution < -0.4 is 5.32 Å². The summed E-state index contributed by atoms with van der Waals surface area (Å²) in [7, 11) is 0. The van der Waals surface area contributed by atoms with E-state index < -0.39 is 35.1 Å². The van der Waals surface area contributed by atoms with Crippen molar-refractivity contribution in [3.63, 3.8) is 0 Å². The molecule has 0 aromatic heterocycles. The topological polar surface area (TPSA) is 29.1 Å². The van der Waals surface area contributed by atoms with Gasteiger partial charge in [-0.25, -0.2) is 0 Å². The van der Waals surface area contributed by atoms with Gasteiger partial charge in [0.1, 0.15) is 0 Å². The molecule has 0 saturated heterocycles. The molecule has 1 N–H and O–H groups in total. The van der Waals surface area contributed by atoms with Crippen molar-refractivity contribution in [1.82, 2.24) is 0 Å². The molecule has 1 aliphatic rings. The first-order valence-corrected chi connectivity index (χ1v) is 7.43. The predicted molar refractivity (Wildman–Crippen MR) is 83.2 cm³/mol. The van der Waals surface area contributed by atoms with Gasteiger partial charge in [-0.2, -0.15) is 26.3 Å². The van der Waals surface area contributed by atoms with E-state index in [2.05, 4.69) is 5.32 Å². The van der Waals surface area contributed by atoms with Gasteiger partial charge < -0.3 is 5.32 Å². The number of hydrogen-bond donors (Lipinski definition) is 1. The number of alkyl halides is 6. The lowest BCUT2D eigenvalue weighted by atomic mass is 10.1. The fourth-order valence-corrected chi connectivity index (χ4v) is 2.66. The van der Waals surface area contributed by atoms with Crippen molar-refractivity contribution in [1.29, 1.82) is 0 Å². The van der Waals surface area contributed by atoms with E-state index in [0.717, 1.165) is 11.1 Å². The first-order valence-electron chi connectivity index (χ1n) is 7.43. The summed E-state index contributed by atoms with van der Waals surface area (Å²) in [6, 6.07) is 8.07. The van der Waals surface area contributed by atoms with Crippen LogP contribution in [0.2, 0.25) is 0 Å². The first kappa shape index (κ1) is 18.0. The molecule has 1 aliphatic carbocycles. The number of halogens is 6. The molecular formula is C18H11F6NO. The zero-order chi connectivity index (χ0) is 19.1. The highest BCUT2D eigenvalue weighted by molar-refractivity contribution is 6.08. The van der Waals surface area contributed by atoms with Gasteiger partial charge in [0.05, 0.1) is 11.1 Å². The number of nitrogens with one attached hydrogen (secondary N) is 1. The predicted octanol–water partition coefficient (Wildman–Crippen LogP) is 5.30. The zero-order valence-electron chi connectivity index (χ0n) is 13.0. The van der Waals surface area contributed by atoms with E-state index in [1.807, 2.05) is 0 Å². The molecule has 1 amide bonds. The number of benzene rings is 2. The summed E-state index contributed by atoms with van der Waals surface area (Å²) < 4.78 is 77.2. The number of anilines is 1. The summed E-state index contributed by atoms with van der Waals surface area (Å²) >= 11 is 0. The van der Waals surface area contributed by atoms with Crippen molar-refractivity contribution in [2.45, 2.75) is 18.8 Å². The lowest BCUT2D eigenvalue weighted by Crippen LogP contribution is -2.17. The second-order valence-electron chi connectivity index (χ2n) is 5.79. The highest BCUT2D eigenvalue weighted by atomic mass is 19.4. The highest BCUT2D eigenvalue weighted by Gasteiger charge is 2.37. The summed E-state index contributed by atoms with van der Waals surface area (Å²) in [5.74, 6) is -0.742. The van der Waals surface area contributed by atoms with Crippen LogP contribution in [0.3, 0.4) is 0 Å². The number of rotatable bonds is 2. The molecule has 136 valence electrons. The van der Waals surface area contributed by atoms with Crippen LogP contribution in [0.4, 0.5) is 32.0 Å². The average molecular weight is 371 g/mol. The van der Waals surface area contributed by atoms with E-state index in [4.69, 9.17) is 0 Å². The molecule has 2 aromatic carbocycles. The van der Waals surface area contributed by atoms with E-state index in [-0.39, 0.29) is 18.1 Å². The summed E-state index contributed by atoms with van der Waals surface area (Å²) in [4.78, 5) is 12.3. The average Bonchev–Trinajstić information content (AvgIpc) is 2.97. The summed E-state index contributed by atoms with van der Waals surface area (Å²) in [6.07, 6.45) is -8.12. The molecule has 0 heterocycles. The van der Waals surface area contributed by atoms with Crippen molar-refractivity contribution in [3.05, 3.63) is 70.3 Å². The van der Waals surface area contributed by atoms with Gasteiger partial charge in [-0.05, 0) is 35.4 Å². The molecule has 0 atom stereocenters.